The Balaban J connectivity index is 3.00. The van der Waals surface area contributed by atoms with Gasteiger partial charge in [0.1, 0.15) is 6.04 Å². The third-order valence-electron chi connectivity index (χ3n) is 2.89. The third kappa shape index (κ3) is 4.83. The van der Waals surface area contributed by atoms with Crippen molar-refractivity contribution in [2.24, 2.45) is 5.73 Å². The number of aliphatic carboxylic acids is 1. The summed E-state index contributed by atoms with van der Waals surface area (Å²) in [5.74, 6) is -2.04. The van der Waals surface area contributed by atoms with Gasteiger partial charge < -0.3 is 10.8 Å². The van der Waals surface area contributed by atoms with E-state index in [2.05, 4.69) is 4.72 Å². The second-order valence-electron chi connectivity index (χ2n) is 4.79. The first-order valence-corrected chi connectivity index (χ1v) is 7.72. The Morgan fingerprint density at radius 1 is 1.33 bits per heavy atom. The van der Waals surface area contributed by atoms with Crippen LogP contribution in [0, 0.1) is 13.8 Å². The van der Waals surface area contributed by atoms with Gasteiger partial charge in [0.15, 0.2) is 0 Å². The summed E-state index contributed by atoms with van der Waals surface area (Å²) in [6, 6.07) is 3.33. The standard InChI is InChI=1S/C13H18N2O5S/c1-8-3-5-11(9(2)7-8)21(19,20)15-10(13(17)18)4-6-12(14)16/h3,5,7,10,15H,4,6H2,1-2H3,(H2,14,16)(H,17,18)/t10-/m0/s1. The lowest BCUT2D eigenvalue weighted by Gasteiger charge is -2.15. The van der Waals surface area contributed by atoms with Gasteiger partial charge in [0.05, 0.1) is 4.90 Å². The molecule has 21 heavy (non-hydrogen) atoms. The van der Waals surface area contributed by atoms with Crippen LogP contribution in [-0.2, 0) is 19.6 Å². The summed E-state index contributed by atoms with van der Waals surface area (Å²) in [7, 11) is -3.98. The van der Waals surface area contributed by atoms with Crippen LogP contribution in [-0.4, -0.2) is 31.4 Å². The molecule has 1 atom stereocenters. The van der Waals surface area contributed by atoms with Gasteiger partial charge >= 0.3 is 5.97 Å². The fraction of sp³-hybridized carbons (Fsp3) is 0.385. The van der Waals surface area contributed by atoms with E-state index in [4.69, 9.17) is 10.8 Å². The zero-order chi connectivity index (χ0) is 16.2. The smallest absolute Gasteiger partial charge is 0.321 e. The summed E-state index contributed by atoms with van der Waals surface area (Å²) in [6.07, 6.45) is -0.416. The molecule has 0 aliphatic carbocycles. The van der Waals surface area contributed by atoms with Gasteiger partial charge in [-0.3, -0.25) is 9.59 Å². The molecule has 0 heterocycles. The fourth-order valence-electron chi connectivity index (χ4n) is 1.87. The third-order valence-corrected chi connectivity index (χ3v) is 4.53. The summed E-state index contributed by atoms with van der Waals surface area (Å²) in [5.41, 5.74) is 6.36. The monoisotopic (exact) mass is 314 g/mol. The highest BCUT2D eigenvalue weighted by Gasteiger charge is 2.26. The summed E-state index contributed by atoms with van der Waals surface area (Å²) in [5, 5.41) is 9.03. The maximum Gasteiger partial charge on any atom is 0.321 e. The molecule has 4 N–H and O–H groups in total. The van der Waals surface area contributed by atoms with Gasteiger partial charge in [0.2, 0.25) is 15.9 Å². The molecule has 0 aromatic heterocycles. The molecule has 1 aromatic carbocycles. The molecular weight excluding hydrogens is 296 g/mol. The van der Waals surface area contributed by atoms with Gasteiger partial charge in [-0.2, -0.15) is 4.72 Å². The summed E-state index contributed by atoms with van der Waals surface area (Å²) < 4.78 is 26.6. The topological polar surface area (TPSA) is 127 Å². The molecule has 0 spiro atoms. The lowest BCUT2D eigenvalue weighted by atomic mass is 10.2. The molecule has 116 valence electrons. The Bertz CT molecular complexity index is 655. The minimum Gasteiger partial charge on any atom is -0.480 e. The van der Waals surface area contributed by atoms with E-state index in [0.29, 0.717) is 5.56 Å². The number of carboxylic acids is 1. The van der Waals surface area contributed by atoms with Crippen LogP contribution in [0.2, 0.25) is 0 Å². The normalized spacial score (nSPS) is 12.9. The number of hydrogen-bond donors (Lipinski definition) is 3. The van der Waals surface area contributed by atoms with Crippen LogP contribution in [0.15, 0.2) is 23.1 Å². The Hall–Kier alpha value is -1.93. The SMILES string of the molecule is Cc1ccc(S(=O)(=O)N[C@@H](CCC(N)=O)C(=O)O)c(C)c1. The number of amides is 1. The average Bonchev–Trinajstić information content (AvgIpc) is 2.33. The predicted octanol–water partition coefficient (Wildman–Crippen LogP) is 0.300. The highest BCUT2D eigenvalue weighted by atomic mass is 32.2. The molecule has 0 aliphatic heterocycles. The van der Waals surface area contributed by atoms with E-state index in [9.17, 15) is 18.0 Å². The number of hydrogen-bond acceptors (Lipinski definition) is 4. The second-order valence-corrected chi connectivity index (χ2v) is 6.47. The Morgan fingerprint density at radius 3 is 2.43 bits per heavy atom. The van der Waals surface area contributed by atoms with E-state index in [-0.39, 0.29) is 17.7 Å². The molecule has 0 saturated carbocycles. The van der Waals surface area contributed by atoms with Gasteiger partial charge in [-0.25, -0.2) is 8.42 Å². The minimum absolute atomic E-state index is 0.0124. The number of rotatable bonds is 7. The van der Waals surface area contributed by atoms with Crippen molar-refractivity contribution in [2.45, 2.75) is 37.6 Å². The van der Waals surface area contributed by atoms with Crippen LogP contribution < -0.4 is 10.5 Å². The number of primary amides is 1. The summed E-state index contributed by atoms with van der Waals surface area (Å²) in [4.78, 5) is 21.8. The van der Waals surface area contributed by atoms with E-state index in [1.54, 1.807) is 19.1 Å². The Morgan fingerprint density at radius 2 is 1.95 bits per heavy atom. The van der Waals surface area contributed by atoms with E-state index in [1.807, 2.05) is 6.92 Å². The van der Waals surface area contributed by atoms with Crippen molar-refractivity contribution in [3.8, 4) is 0 Å². The van der Waals surface area contributed by atoms with Crippen molar-refractivity contribution in [1.82, 2.24) is 4.72 Å². The van der Waals surface area contributed by atoms with Crippen LogP contribution in [0.25, 0.3) is 0 Å². The quantitative estimate of drug-likeness (QED) is 0.667. The minimum atomic E-state index is -3.98. The lowest BCUT2D eigenvalue weighted by Crippen LogP contribution is -2.41. The van der Waals surface area contributed by atoms with Crippen molar-refractivity contribution >= 4 is 21.9 Å². The molecule has 1 rings (SSSR count). The van der Waals surface area contributed by atoms with Crippen LogP contribution >= 0.6 is 0 Å². The molecule has 0 bridgehead atoms. The second kappa shape index (κ2) is 6.68. The van der Waals surface area contributed by atoms with Crippen molar-refractivity contribution < 1.29 is 23.1 Å². The maximum absolute atomic E-state index is 12.2. The van der Waals surface area contributed by atoms with E-state index in [1.165, 1.54) is 6.07 Å². The van der Waals surface area contributed by atoms with Crippen molar-refractivity contribution in [3.63, 3.8) is 0 Å². The first kappa shape index (κ1) is 17.1. The van der Waals surface area contributed by atoms with E-state index < -0.39 is 27.9 Å². The van der Waals surface area contributed by atoms with Gasteiger partial charge in [-0.05, 0) is 31.9 Å². The highest BCUT2D eigenvalue weighted by Crippen LogP contribution is 2.17. The summed E-state index contributed by atoms with van der Waals surface area (Å²) in [6.45, 7) is 3.45. The van der Waals surface area contributed by atoms with Crippen LogP contribution in [0.3, 0.4) is 0 Å². The molecular formula is C13H18N2O5S. The number of carbonyl (C=O) groups excluding carboxylic acids is 1. The molecule has 0 saturated heterocycles. The molecule has 1 aromatic rings. The molecule has 0 radical (unpaired) electrons. The molecule has 7 nitrogen and oxygen atoms in total. The average molecular weight is 314 g/mol. The fourth-order valence-corrected chi connectivity index (χ4v) is 3.32. The predicted molar refractivity (Wildman–Crippen MR) is 76.1 cm³/mol. The van der Waals surface area contributed by atoms with Gasteiger partial charge in [-0.1, -0.05) is 17.7 Å². The van der Waals surface area contributed by atoms with Crippen molar-refractivity contribution in [2.75, 3.05) is 0 Å². The maximum atomic E-state index is 12.2. The number of carbonyl (C=O) groups is 2. The lowest BCUT2D eigenvalue weighted by molar-refractivity contribution is -0.139. The number of aryl methyl sites for hydroxylation is 2. The number of carboxylic acid groups (broad SMARTS) is 1. The molecule has 1 amide bonds. The highest BCUT2D eigenvalue weighted by molar-refractivity contribution is 7.89. The van der Waals surface area contributed by atoms with Gasteiger partial charge in [-0.15, -0.1) is 0 Å². The van der Waals surface area contributed by atoms with E-state index in [0.717, 1.165) is 5.56 Å². The molecule has 8 heteroatoms. The number of nitrogens with one attached hydrogen (secondary N) is 1. The van der Waals surface area contributed by atoms with Crippen LogP contribution in [0.4, 0.5) is 0 Å². The molecule has 0 fully saturated rings. The number of nitrogens with two attached hydrogens (primary N) is 1. The Kier molecular flexibility index (Phi) is 5.45. The van der Waals surface area contributed by atoms with Crippen molar-refractivity contribution in [1.29, 1.82) is 0 Å². The number of benzene rings is 1. The van der Waals surface area contributed by atoms with Crippen molar-refractivity contribution in [3.05, 3.63) is 29.3 Å². The van der Waals surface area contributed by atoms with Crippen LogP contribution in [0.1, 0.15) is 24.0 Å². The van der Waals surface area contributed by atoms with E-state index >= 15 is 0 Å². The largest absolute Gasteiger partial charge is 0.480 e. The van der Waals surface area contributed by atoms with Gasteiger partial charge in [0, 0.05) is 6.42 Å². The first-order chi connectivity index (χ1) is 9.63. The number of sulfonamides is 1. The summed E-state index contributed by atoms with van der Waals surface area (Å²) >= 11 is 0. The van der Waals surface area contributed by atoms with Gasteiger partial charge in [0.25, 0.3) is 0 Å². The zero-order valence-electron chi connectivity index (χ0n) is 11.8. The zero-order valence-corrected chi connectivity index (χ0v) is 12.6. The molecule has 0 unspecified atom stereocenters. The van der Waals surface area contributed by atoms with Crippen LogP contribution in [0.5, 0.6) is 0 Å². The Labute approximate surface area is 123 Å². The molecule has 0 aliphatic rings. The first-order valence-electron chi connectivity index (χ1n) is 6.24.